The fourth-order valence-electron chi connectivity index (χ4n) is 2.03. The van der Waals surface area contributed by atoms with Gasteiger partial charge in [-0.2, -0.15) is 0 Å². The second-order valence-corrected chi connectivity index (χ2v) is 4.86. The third kappa shape index (κ3) is 2.89. The summed E-state index contributed by atoms with van der Waals surface area (Å²) >= 11 is 0. The topological polar surface area (TPSA) is 41.5 Å². The molecule has 1 aliphatic rings. The second kappa shape index (κ2) is 5.32. The van der Waals surface area contributed by atoms with Crippen molar-refractivity contribution >= 4 is 17.8 Å². The average molecular weight is 280 g/mol. The van der Waals surface area contributed by atoms with Crippen molar-refractivity contribution in [1.82, 2.24) is 5.32 Å². The summed E-state index contributed by atoms with van der Waals surface area (Å²) in [5, 5.41) is 2.74. The van der Waals surface area contributed by atoms with Crippen molar-refractivity contribution in [2.75, 3.05) is 0 Å². The minimum atomic E-state index is -0.308. The molecule has 0 radical (unpaired) electrons. The van der Waals surface area contributed by atoms with Crippen molar-refractivity contribution in [1.29, 1.82) is 0 Å². The van der Waals surface area contributed by atoms with E-state index in [9.17, 15) is 9.18 Å². The molecule has 3 nitrogen and oxygen atoms in total. The van der Waals surface area contributed by atoms with Crippen molar-refractivity contribution in [3.05, 3.63) is 76.7 Å². The molecule has 3 rings (SSSR count). The van der Waals surface area contributed by atoms with Gasteiger partial charge in [0.1, 0.15) is 17.3 Å². The van der Waals surface area contributed by atoms with Crippen molar-refractivity contribution in [2.45, 2.75) is 6.92 Å². The molecule has 0 aliphatic carbocycles. The van der Waals surface area contributed by atoms with Gasteiger partial charge in [0.2, 0.25) is 0 Å². The molecule has 2 aromatic carbocycles. The number of aliphatic imine (C=N–C) groups is 1. The van der Waals surface area contributed by atoms with Crippen LogP contribution in [0.5, 0.6) is 0 Å². The second-order valence-electron chi connectivity index (χ2n) is 4.86. The highest BCUT2D eigenvalue weighted by Gasteiger charge is 2.20. The van der Waals surface area contributed by atoms with Crippen LogP contribution < -0.4 is 5.32 Å². The van der Waals surface area contributed by atoms with E-state index in [1.807, 2.05) is 31.2 Å². The molecule has 2 aromatic rings. The normalized spacial score (nSPS) is 16.0. The van der Waals surface area contributed by atoms with Crippen LogP contribution in [0.15, 0.2) is 59.2 Å². The van der Waals surface area contributed by atoms with Crippen LogP contribution in [0.2, 0.25) is 0 Å². The minimum Gasteiger partial charge on any atom is -0.305 e. The Morgan fingerprint density at radius 1 is 1.05 bits per heavy atom. The van der Waals surface area contributed by atoms with Crippen molar-refractivity contribution in [2.24, 2.45) is 4.99 Å². The molecule has 0 fully saturated rings. The number of rotatable bonds is 2. The minimum absolute atomic E-state index is 0.255. The quantitative estimate of drug-likeness (QED) is 0.844. The Labute approximate surface area is 121 Å². The maximum atomic E-state index is 12.9. The highest BCUT2D eigenvalue weighted by atomic mass is 19.1. The maximum absolute atomic E-state index is 12.9. The standard InChI is InChI=1S/C17H13FN2O/c1-11-2-6-13(7-3-11)16-19-15(17(21)20-16)10-12-4-8-14(18)9-5-12/h2-10H,1H3,(H,19,20,21)/b15-10+. The van der Waals surface area contributed by atoms with E-state index < -0.39 is 0 Å². The SMILES string of the molecule is Cc1ccc(C2=N/C(=C/c3ccc(F)cc3)C(=O)N2)cc1. The third-order valence-corrected chi connectivity index (χ3v) is 3.20. The molecule has 1 aliphatic heterocycles. The molecule has 21 heavy (non-hydrogen) atoms. The summed E-state index contributed by atoms with van der Waals surface area (Å²) in [7, 11) is 0. The van der Waals surface area contributed by atoms with Crippen LogP contribution in [0.4, 0.5) is 4.39 Å². The number of benzene rings is 2. The Hall–Kier alpha value is -2.75. The zero-order valence-electron chi connectivity index (χ0n) is 11.4. The molecule has 0 aromatic heterocycles. The summed E-state index contributed by atoms with van der Waals surface area (Å²) in [5.74, 6) is -0.0277. The molecule has 0 saturated heterocycles. The molecular formula is C17H13FN2O. The van der Waals surface area contributed by atoms with Crippen LogP contribution in [0.3, 0.4) is 0 Å². The zero-order chi connectivity index (χ0) is 14.8. The molecule has 0 saturated carbocycles. The lowest BCUT2D eigenvalue weighted by Gasteiger charge is -2.00. The molecular weight excluding hydrogens is 267 g/mol. The first-order valence-electron chi connectivity index (χ1n) is 6.56. The Kier molecular flexibility index (Phi) is 3.36. The number of nitrogens with one attached hydrogen (secondary N) is 1. The van der Waals surface area contributed by atoms with Crippen LogP contribution in [0.1, 0.15) is 16.7 Å². The van der Waals surface area contributed by atoms with Gasteiger partial charge in [-0.1, -0.05) is 42.0 Å². The first-order valence-corrected chi connectivity index (χ1v) is 6.56. The molecule has 0 unspecified atom stereocenters. The van der Waals surface area contributed by atoms with E-state index in [4.69, 9.17) is 0 Å². The van der Waals surface area contributed by atoms with Crippen molar-refractivity contribution in [3.8, 4) is 0 Å². The number of amidine groups is 1. The molecule has 1 N–H and O–H groups in total. The lowest BCUT2D eigenvalue weighted by Crippen LogP contribution is -2.24. The number of amides is 1. The number of carbonyl (C=O) groups is 1. The lowest BCUT2D eigenvalue weighted by molar-refractivity contribution is -0.115. The van der Waals surface area contributed by atoms with Crippen LogP contribution in [-0.4, -0.2) is 11.7 Å². The lowest BCUT2D eigenvalue weighted by atomic mass is 10.1. The van der Waals surface area contributed by atoms with Crippen LogP contribution >= 0.6 is 0 Å². The summed E-state index contributed by atoms with van der Waals surface area (Å²) < 4.78 is 12.9. The number of aryl methyl sites for hydroxylation is 1. The van der Waals surface area contributed by atoms with Gasteiger partial charge in [-0.15, -0.1) is 0 Å². The Morgan fingerprint density at radius 3 is 2.38 bits per heavy atom. The van der Waals surface area contributed by atoms with E-state index in [1.54, 1.807) is 18.2 Å². The van der Waals surface area contributed by atoms with Gasteiger partial charge in [0, 0.05) is 5.56 Å². The molecule has 1 amide bonds. The molecule has 1 heterocycles. The van der Waals surface area contributed by atoms with E-state index in [1.165, 1.54) is 12.1 Å². The summed E-state index contributed by atoms with van der Waals surface area (Å²) in [6.45, 7) is 2.00. The summed E-state index contributed by atoms with van der Waals surface area (Å²) in [5.41, 5.74) is 3.05. The monoisotopic (exact) mass is 280 g/mol. The summed E-state index contributed by atoms with van der Waals surface area (Å²) in [6.07, 6.45) is 1.63. The van der Waals surface area contributed by atoms with E-state index in [2.05, 4.69) is 10.3 Å². The van der Waals surface area contributed by atoms with Gasteiger partial charge in [0.25, 0.3) is 5.91 Å². The van der Waals surface area contributed by atoms with E-state index in [0.29, 0.717) is 11.5 Å². The van der Waals surface area contributed by atoms with Gasteiger partial charge in [-0.3, -0.25) is 4.79 Å². The maximum Gasteiger partial charge on any atom is 0.275 e. The first kappa shape index (κ1) is 13.2. The Bertz CT molecular complexity index is 743. The number of halogens is 1. The zero-order valence-corrected chi connectivity index (χ0v) is 11.4. The van der Waals surface area contributed by atoms with Gasteiger partial charge in [-0.05, 0) is 30.7 Å². The number of carbonyl (C=O) groups excluding carboxylic acids is 1. The molecule has 0 atom stereocenters. The van der Waals surface area contributed by atoms with Crippen LogP contribution in [-0.2, 0) is 4.79 Å². The Balaban J connectivity index is 1.91. The fraction of sp³-hybridized carbons (Fsp3) is 0.0588. The van der Waals surface area contributed by atoms with Crippen molar-refractivity contribution < 1.29 is 9.18 Å². The van der Waals surface area contributed by atoms with Crippen molar-refractivity contribution in [3.63, 3.8) is 0 Å². The smallest absolute Gasteiger partial charge is 0.275 e. The van der Waals surface area contributed by atoms with Crippen LogP contribution in [0, 0.1) is 12.7 Å². The van der Waals surface area contributed by atoms with Gasteiger partial charge >= 0.3 is 0 Å². The predicted octanol–water partition coefficient (Wildman–Crippen LogP) is 3.05. The highest BCUT2D eigenvalue weighted by molar-refractivity contribution is 6.19. The van der Waals surface area contributed by atoms with Gasteiger partial charge in [0.05, 0.1) is 0 Å². The Morgan fingerprint density at radius 2 is 1.71 bits per heavy atom. The van der Waals surface area contributed by atoms with Gasteiger partial charge < -0.3 is 5.32 Å². The third-order valence-electron chi connectivity index (χ3n) is 3.20. The molecule has 0 bridgehead atoms. The average Bonchev–Trinajstić information content (AvgIpc) is 2.83. The first-order chi connectivity index (χ1) is 10.1. The summed E-state index contributed by atoms with van der Waals surface area (Å²) in [6, 6.07) is 13.7. The van der Waals surface area contributed by atoms with Gasteiger partial charge in [-0.25, -0.2) is 9.38 Å². The predicted molar refractivity (Wildman–Crippen MR) is 80.2 cm³/mol. The molecule has 0 spiro atoms. The molecule has 104 valence electrons. The number of hydrogen-bond acceptors (Lipinski definition) is 2. The van der Waals surface area contributed by atoms with Gasteiger partial charge in [0.15, 0.2) is 0 Å². The van der Waals surface area contributed by atoms with E-state index in [0.717, 1.165) is 16.7 Å². The largest absolute Gasteiger partial charge is 0.305 e. The van der Waals surface area contributed by atoms with E-state index in [-0.39, 0.29) is 11.7 Å². The van der Waals surface area contributed by atoms with E-state index >= 15 is 0 Å². The number of hydrogen-bond donors (Lipinski definition) is 1. The highest BCUT2D eigenvalue weighted by Crippen LogP contribution is 2.15. The van der Waals surface area contributed by atoms with Crippen LogP contribution in [0.25, 0.3) is 6.08 Å². The molecule has 4 heteroatoms. The fourth-order valence-corrected chi connectivity index (χ4v) is 2.03. The summed E-state index contributed by atoms with van der Waals surface area (Å²) in [4.78, 5) is 16.2. The number of nitrogens with zero attached hydrogens (tertiary/aromatic N) is 1.